The summed E-state index contributed by atoms with van der Waals surface area (Å²) < 4.78 is 26.3. The molecule has 2 aliphatic carbocycles. The predicted molar refractivity (Wildman–Crippen MR) is 33.3 cm³/mol. The third kappa shape index (κ3) is 0.470. The van der Waals surface area contributed by atoms with Crippen LogP contribution in [0.4, 0.5) is 8.78 Å². The lowest BCUT2D eigenvalue weighted by molar-refractivity contribution is -0.0268. The van der Waals surface area contributed by atoms with Gasteiger partial charge in [0.1, 0.15) is 5.69 Å². The van der Waals surface area contributed by atoms with Crippen LogP contribution in [-0.2, 0) is 5.92 Å². The highest BCUT2D eigenvalue weighted by atomic mass is 19.3. The molecule has 1 aromatic rings. The lowest BCUT2D eigenvalue weighted by atomic mass is 10.2. The fourth-order valence-electron chi connectivity index (χ4n) is 1.97. The Labute approximate surface area is 61.6 Å². The molecule has 2 aliphatic rings. The van der Waals surface area contributed by atoms with Crippen LogP contribution in [0.15, 0.2) is 6.20 Å². The van der Waals surface area contributed by atoms with Gasteiger partial charge in [0.2, 0.25) is 0 Å². The second kappa shape index (κ2) is 1.33. The molecule has 1 N–H and O–H groups in total. The van der Waals surface area contributed by atoms with Crippen molar-refractivity contribution in [2.45, 2.75) is 18.3 Å². The van der Waals surface area contributed by atoms with Crippen molar-refractivity contribution in [3.8, 4) is 0 Å². The lowest BCUT2D eigenvalue weighted by Crippen LogP contribution is -2.13. The van der Waals surface area contributed by atoms with Gasteiger partial charge in [-0.2, -0.15) is 13.9 Å². The highest BCUT2D eigenvalue weighted by molar-refractivity contribution is 5.40. The van der Waals surface area contributed by atoms with Crippen LogP contribution in [0.2, 0.25) is 0 Å². The standard InChI is InChI=1S/C7H6F2N2/c8-7(9)5-1-3(5)4-2-10-11-6(4)7/h2-3,5H,1H2,(H,10,11)/t3?,5-/m1/s1. The third-order valence-corrected chi connectivity index (χ3v) is 2.66. The Morgan fingerprint density at radius 1 is 1.64 bits per heavy atom. The number of aromatic amines is 1. The van der Waals surface area contributed by atoms with E-state index in [1.165, 1.54) is 6.20 Å². The third-order valence-electron chi connectivity index (χ3n) is 2.66. The lowest BCUT2D eigenvalue weighted by Gasteiger charge is -2.09. The Morgan fingerprint density at radius 3 is 3.18 bits per heavy atom. The first-order valence-corrected chi connectivity index (χ1v) is 3.63. The summed E-state index contributed by atoms with van der Waals surface area (Å²) in [5.41, 5.74) is 0.791. The molecular formula is C7H6F2N2. The number of nitrogens with zero attached hydrogens (tertiary/aromatic N) is 1. The fourth-order valence-corrected chi connectivity index (χ4v) is 1.97. The predicted octanol–water partition coefficient (Wildman–Crippen LogP) is 1.62. The molecule has 0 radical (unpaired) electrons. The Kier molecular flexibility index (Phi) is 0.688. The second-order valence-corrected chi connectivity index (χ2v) is 3.27. The number of hydrogen-bond acceptors (Lipinski definition) is 1. The molecule has 1 aromatic heterocycles. The molecule has 3 rings (SSSR count). The SMILES string of the molecule is FC1(F)c2[nH]ncc2C2C[C@H]21. The van der Waals surface area contributed by atoms with Gasteiger partial charge < -0.3 is 0 Å². The van der Waals surface area contributed by atoms with Gasteiger partial charge in [0.15, 0.2) is 0 Å². The number of hydrogen-bond donors (Lipinski definition) is 1. The van der Waals surface area contributed by atoms with Crippen LogP contribution >= 0.6 is 0 Å². The summed E-state index contributed by atoms with van der Waals surface area (Å²) in [6.07, 6.45) is 2.17. The number of H-pyrrole nitrogens is 1. The Morgan fingerprint density at radius 2 is 2.45 bits per heavy atom. The van der Waals surface area contributed by atoms with Gasteiger partial charge in [-0.3, -0.25) is 5.10 Å². The highest BCUT2D eigenvalue weighted by Gasteiger charge is 2.64. The second-order valence-electron chi connectivity index (χ2n) is 3.27. The van der Waals surface area contributed by atoms with E-state index in [4.69, 9.17) is 0 Å². The molecular weight excluding hydrogens is 150 g/mol. The molecule has 0 spiro atoms. The Balaban J connectivity index is 2.26. The van der Waals surface area contributed by atoms with Crippen LogP contribution < -0.4 is 0 Å². The van der Waals surface area contributed by atoms with E-state index in [0.717, 1.165) is 5.56 Å². The minimum absolute atomic E-state index is 0.0544. The molecule has 0 saturated heterocycles. The Bertz CT molecular complexity index is 318. The van der Waals surface area contributed by atoms with Crippen LogP contribution in [0.3, 0.4) is 0 Å². The van der Waals surface area contributed by atoms with Gasteiger partial charge in [-0.1, -0.05) is 0 Å². The average Bonchev–Trinajstić information content (AvgIpc) is 2.54. The van der Waals surface area contributed by atoms with Crippen molar-refractivity contribution in [3.05, 3.63) is 17.5 Å². The summed E-state index contributed by atoms with van der Waals surface area (Å²) >= 11 is 0. The van der Waals surface area contributed by atoms with Crippen molar-refractivity contribution in [2.75, 3.05) is 0 Å². The summed E-state index contributed by atoms with van der Waals surface area (Å²) in [6, 6.07) is 0. The summed E-state index contributed by atoms with van der Waals surface area (Å²) in [5.74, 6) is -2.96. The monoisotopic (exact) mass is 156 g/mol. The molecule has 0 aliphatic heterocycles. The van der Waals surface area contributed by atoms with Gasteiger partial charge in [-0.05, 0) is 12.3 Å². The van der Waals surface area contributed by atoms with Gasteiger partial charge in [-0.15, -0.1) is 0 Å². The molecule has 1 unspecified atom stereocenters. The van der Waals surface area contributed by atoms with Crippen LogP contribution in [0, 0.1) is 5.92 Å². The molecule has 0 aromatic carbocycles. The number of halogens is 2. The molecule has 11 heavy (non-hydrogen) atoms. The zero-order valence-corrected chi connectivity index (χ0v) is 5.64. The first-order chi connectivity index (χ1) is 5.21. The molecule has 2 nitrogen and oxygen atoms in total. The molecule has 2 atom stereocenters. The first kappa shape index (κ1) is 5.69. The molecule has 0 amide bonds. The zero-order chi connectivity index (χ0) is 7.64. The number of nitrogens with one attached hydrogen (secondary N) is 1. The minimum atomic E-state index is -2.63. The zero-order valence-electron chi connectivity index (χ0n) is 5.64. The summed E-state index contributed by atoms with van der Waals surface area (Å²) in [6.45, 7) is 0. The first-order valence-electron chi connectivity index (χ1n) is 3.63. The highest BCUT2D eigenvalue weighted by Crippen LogP contribution is 2.66. The number of aromatic nitrogens is 2. The van der Waals surface area contributed by atoms with Crippen molar-refractivity contribution in [3.63, 3.8) is 0 Å². The average molecular weight is 156 g/mol. The van der Waals surface area contributed by atoms with Crippen LogP contribution in [-0.4, -0.2) is 10.2 Å². The van der Waals surface area contributed by atoms with Crippen molar-refractivity contribution >= 4 is 0 Å². The van der Waals surface area contributed by atoms with E-state index in [9.17, 15) is 8.78 Å². The van der Waals surface area contributed by atoms with E-state index in [0.29, 0.717) is 6.42 Å². The quantitative estimate of drug-likeness (QED) is 0.607. The van der Waals surface area contributed by atoms with Gasteiger partial charge >= 0.3 is 0 Å². The molecule has 58 valence electrons. The van der Waals surface area contributed by atoms with Crippen molar-refractivity contribution in [2.24, 2.45) is 5.92 Å². The fraction of sp³-hybridized carbons (Fsp3) is 0.571. The van der Waals surface area contributed by atoms with Crippen LogP contribution in [0.25, 0.3) is 0 Å². The molecule has 0 bridgehead atoms. The maximum Gasteiger partial charge on any atom is 0.292 e. The minimum Gasteiger partial charge on any atom is -0.276 e. The number of rotatable bonds is 0. The van der Waals surface area contributed by atoms with E-state index < -0.39 is 11.8 Å². The maximum absolute atomic E-state index is 13.1. The van der Waals surface area contributed by atoms with Crippen molar-refractivity contribution < 1.29 is 8.78 Å². The topological polar surface area (TPSA) is 28.7 Å². The Hall–Kier alpha value is -0.930. The molecule has 4 heteroatoms. The summed E-state index contributed by atoms with van der Waals surface area (Å²) in [5, 5.41) is 5.98. The van der Waals surface area contributed by atoms with Gasteiger partial charge in [0.25, 0.3) is 5.92 Å². The van der Waals surface area contributed by atoms with Gasteiger partial charge in [-0.25, -0.2) is 0 Å². The van der Waals surface area contributed by atoms with E-state index in [1.807, 2.05) is 0 Å². The van der Waals surface area contributed by atoms with E-state index in [-0.39, 0.29) is 11.6 Å². The van der Waals surface area contributed by atoms with E-state index >= 15 is 0 Å². The van der Waals surface area contributed by atoms with E-state index in [1.54, 1.807) is 0 Å². The van der Waals surface area contributed by atoms with E-state index in [2.05, 4.69) is 10.2 Å². The molecule has 1 fully saturated rings. The number of fused-ring (bicyclic) bond motifs is 3. The normalized spacial score (nSPS) is 36.5. The maximum atomic E-state index is 13.1. The largest absolute Gasteiger partial charge is 0.292 e. The van der Waals surface area contributed by atoms with Crippen LogP contribution in [0.1, 0.15) is 23.6 Å². The van der Waals surface area contributed by atoms with Crippen LogP contribution in [0.5, 0.6) is 0 Å². The molecule has 1 saturated carbocycles. The summed E-state index contributed by atoms with van der Waals surface area (Å²) in [4.78, 5) is 0. The smallest absolute Gasteiger partial charge is 0.276 e. The molecule has 1 heterocycles. The van der Waals surface area contributed by atoms with Gasteiger partial charge in [0.05, 0.1) is 6.20 Å². The number of alkyl halides is 2. The summed E-state index contributed by atoms with van der Waals surface area (Å²) in [7, 11) is 0. The van der Waals surface area contributed by atoms with Crippen molar-refractivity contribution in [1.29, 1.82) is 0 Å². The van der Waals surface area contributed by atoms with Crippen molar-refractivity contribution in [1.82, 2.24) is 10.2 Å². The van der Waals surface area contributed by atoms with Gasteiger partial charge in [0, 0.05) is 11.5 Å².